The van der Waals surface area contributed by atoms with Gasteiger partial charge >= 0.3 is 0 Å². The van der Waals surface area contributed by atoms with E-state index in [1.165, 1.54) is 12.8 Å². The highest BCUT2D eigenvalue weighted by Gasteiger charge is 2.29. The van der Waals surface area contributed by atoms with E-state index in [2.05, 4.69) is 25.9 Å². The molecule has 0 saturated carbocycles. The van der Waals surface area contributed by atoms with Crippen LogP contribution in [0.2, 0.25) is 0 Å². The zero-order valence-corrected chi connectivity index (χ0v) is 20.0. The maximum Gasteiger partial charge on any atom is 0.161 e. The van der Waals surface area contributed by atoms with Crippen molar-refractivity contribution in [3.63, 3.8) is 0 Å². The second-order valence-corrected chi connectivity index (χ2v) is 10.8. The fourth-order valence-corrected chi connectivity index (χ4v) is 5.87. The maximum atomic E-state index is 13.5. The highest BCUT2D eigenvalue weighted by molar-refractivity contribution is 7.91. The monoisotopic (exact) mass is 430 g/mol. The second-order valence-electron chi connectivity index (χ2n) is 8.55. The summed E-state index contributed by atoms with van der Waals surface area (Å²) >= 11 is 0. The summed E-state index contributed by atoms with van der Waals surface area (Å²) in [6.45, 7) is 2.20. The van der Waals surface area contributed by atoms with Crippen LogP contribution in [0, 0.1) is 0 Å². The van der Waals surface area contributed by atoms with E-state index in [-0.39, 0.29) is 5.75 Å². The molecule has 2 atom stereocenters. The Labute approximate surface area is 183 Å². The number of unbranched alkanes of at least 4 members (excludes halogenated alkanes) is 1. The molecule has 0 aliphatic heterocycles. The number of nitrogens with zero attached hydrogens (tertiary/aromatic N) is 2. The van der Waals surface area contributed by atoms with Gasteiger partial charge in [0.2, 0.25) is 0 Å². The SMILES string of the molecule is CCCCC(CCCS(=O)(=O)C(c1ccccc1)c1ccc(N(C)C)cc1)N(C)C. The molecule has 166 valence electrons. The van der Waals surface area contributed by atoms with E-state index in [9.17, 15) is 8.42 Å². The maximum absolute atomic E-state index is 13.5. The average Bonchev–Trinajstić information content (AvgIpc) is 2.71. The van der Waals surface area contributed by atoms with Crippen LogP contribution < -0.4 is 4.90 Å². The molecular formula is C25H38N2O2S. The van der Waals surface area contributed by atoms with Crippen LogP contribution in [0.15, 0.2) is 54.6 Å². The van der Waals surface area contributed by atoms with Crippen molar-refractivity contribution in [2.24, 2.45) is 0 Å². The molecule has 5 heteroatoms. The molecule has 2 aromatic rings. The van der Waals surface area contributed by atoms with Gasteiger partial charge in [-0.25, -0.2) is 8.42 Å². The third-order valence-corrected chi connectivity index (χ3v) is 7.88. The molecule has 4 nitrogen and oxygen atoms in total. The van der Waals surface area contributed by atoms with Crippen molar-refractivity contribution in [1.82, 2.24) is 4.90 Å². The molecule has 0 heterocycles. The first-order valence-corrected chi connectivity index (χ1v) is 12.7. The molecule has 0 spiro atoms. The highest BCUT2D eigenvalue weighted by Crippen LogP contribution is 2.32. The highest BCUT2D eigenvalue weighted by atomic mass is 32.2. The third-order valence-electron chi connectivity index (χ3n) is 5.76. The minimum absolute atomic E-state index is 0.207. The average molecular weight is 431 g/mol. The van der Waals surface area contributed by atoms with Crippen molar-refractivity contribution >= 4 is 15.5 Å². The molecule has 0 radical (unpaired) electrons. The van der Waals surface area contributed by atoms with Gasteiger partial charge in [-0.15, -0.1) is 0 Å². The Hall–Kier alpha value is -1.85. The van der Waals surface area contributed by atoms with Crippen LogP contribution >= 0.6 is 0 Å². The summed E-state index contributed by atoms with van der Waals surface area (Å²) in [5, 5.41) is -0.622. The molecule has 0 N–H and O–H groups in total. The Morgan fingerprint density at radius 2 is 1.37 bits per heavy atom. The summed E-state index contributed by atoms with van der Waals surface area (Å²) in [5.41, 5.74) is 2.74. The van der Waals surface area contributed by atoms with Crippen LogP contribution in [0.3, 0.4) is 0 Å². The Kier molecular flexibility index (Phi) is 9.37. The summed E-state index contributed by atoms with van der Waals surface area (Å²) in [4.78, 5) is 4.25. The minimum Gasteiger partial charge on any atom is -0.378 e. The van der Waals surface area contributed by atoms with Gasteiger partial charge in [-0.2, -0.15) is 0 Å². The predicted molar refractivity (Wildman–Crippen MR) is 129 cm³/mol. The Morgan fingerprint density at radius 1 is 0.800 bits per heavy atom. The van der Waals surface area contributed by atoms with Crippen LogP contribution in [0.5, 0.6) is 0 Å². The number of benzene rings is 2. The van der Waals surface area contributed by atoms with E-state index in [0.29, 0.717) is 12.5 Å². The number of sulfone groups is 1. The first kappa shape index (κ1) is 24.4. The zero-order valence-electron chi connectivity index (χ0n) is 19.2. The Balaban J connectivity index is 2.22. The normalized spacial score (nSPS) is 13.9. The number of anilines is 1. The van der Waals surface area contributed by atoms with Crippen LogP contribution in [0.1, 0.15) is 55.4 Å². The first-order valence-electron chi connectivity index (χ1n) is 11.0. The largest absolute Gasteiger partial charge is 0.378 e. The lowest BCUT2D eigenvalue weighted by Crippen LogP contribution is -2.29. The van der Waals surface area contributed by atoms with Gasteiger partial charge in [0.1, 0.15) is 5.25 Å². The molecule has 2 rings (SSSR count). The van der Waals surface area contributed by atoms with Gasteiger partial charge in [0.15, 0.2) is 9.84 Å². The molecule has 0 saturated heterocycles. The van der Waals surface area contributed by atoms with Crippen molar-refractivity contribution in [1.29, 1.82) is 0 Å². The smallest absolute Gasteiger partial charge is 0.161 e. The fourth-order valence-electron chi connectivity index (χ4n) is 3.92. The van der Waals surface area contributed by atoms with Crippen molar-refractivity contribution in [2.45, 2.75) is 50.3 Å². The molecule has 30 heavy (non-hydrogen) atoms. The summed E-state index contributed by atoms with van der Waals surface area (Å²) in [6, 6.07) is 17.9. The van der Waals surface area contributed by atoms with Gasteiger partial charge in [0, 0.05) is 25.8 Å². The molecule has 0 aliphatic carbocycles. The van der Waals surface area contributed by atoms with Crippen LogP contribution in [0.25, 0.3) is 0 Å². The van der Waals surface area contributed by atoms with Gasteiger partial charge in [-0.3, -0.25) is 0 Å². The lowest BCUT2D eigenvalue weighted by Gasteiger charge is -2.25. The van der Waals surface area contributed by atoms with Crippen molar-refractivity contribution in [2.75, 3.05) is 38.8 Å². The standard InChI is InChI=1S/C25H38N2O2S/c1-6-7-14-23(26(2)3)15-11-20-30(28,29)25(21-12-9-8-10-13-21)22-16-18-24(19-17-22)27(4)5/h8-10,12-13,16-19,23,25H,6-7,11,14-15,20H2,1-5H3. The Morgan fingerprint density at radius 3 is 1.90 bits per heavy atom. The molecule has 0 aliphatic rings. The van der Waals surface area contributed by atoms with E-state index >= 15 is 0 Å². The molecule has 2 unspecified atom stereocenters. The van der Waals surface area contributed by atoms with E-state index < -0.39 is 15.1 Å². The number of rotatable bonds is 12. The van der Waals surface area contributed by atoms with E-state index in [4.69, 9.17) is 0 Å². The summed E-state index contributed by atoms with van der Waals surface area (Å²) < 4.78 is 27.0. The number of hydrogen-bond donors (Lipinski definition) is 0. The topological polar surface area (TPSA) is 40.6 Å². The molecule has 0 aromatic heterocycles. The fraction of sp³-hybridized carbons (Fsp3) is 0.520. The number of hydrogen-bond acceptors (Lipinski definition) is 4. The summed E-state index contributed by atoms with van der Waals surface area (Å²) in [7, 11) is 4.82. The molecule has 0 fully saturated rings. The third kappa shape index (κ3) is 6.85. The van der Waals surface area contributed by atoms with E-state index in [1.807, 2.05) is 73.6 Å². The van der Waals surface area contributed by atoms with Crippen molar-refractivity contribution in [3.8, 4) is 0 Å². The predicted octanol–water partition coefficient (Wildman–Crippen LogP) is 5.16. The lowest BCUT2D eigenvalue weighted by molar-refractivity contribution is 0.258. The Bertz CT molecular complexity index is 846. The van der Waals surface area contributed by atoms with Gasteiger partial charge in [0.05, 0.1) is 5.75 Å². The quantitative estimate of drug-likeness (QED) is 0.466. The van der Waals surface area contributed by atoms with Crippen LogP contribution in [-0.4, -0.2) is 53.3 Å². The molecule has 2 aromatic carbocycles. The van der Waals surface area contributed by atoms with Gasteiger partial charge in [0.25, 0.3) is 0 Å². The van der Waals surface area contributed by atoms with Crippen LogP contribution in [0.4, 0.5) is 5.69 Å². The van der Waals surface area contributed by atoms with E-state index in [0.717, 1.165) is 29.7 Å². The first-order chi connectivity index (χ1) is 14.3. The minimum atomic E-state index is -3.34. The van der Waals surface area contributed by atoms with Crippen LogP contribution in [-0.2, 0) is 9.84 Å². The van der Waals surface area contributed by atoms with Gasteiger partial charge in [-0.1, -0.05) is 62.2 Å². The summed E-state index contributed by atoms with van der Waals surface area (Å²) in [6.07, 6.45) is 5.07. The van der Waals surface area contributed by atoms with Crippen molar-refractivity contribution < 1.29 is 8.42 Å². The molecular weight excluding hydrogens is 392 g/mol. The lowest BCUT2D eigenvalue weighted by atomic mass is 10.0. The summed E-state index contributed by atoms with van der Waals surface area (Å²) in [5.74, 6) is 0.207. The van der Waals surface area contributed by atoms with E-state index in [1.54, 1.807) is 0 Å². The molecule has 0 amide bonds. The second kappa shape index (κ2) is 11.5. The van der Waals surface area contributed by atoms with Crippen molar-refractivity contribution in [3.05, 3.63) is 65.7 Å². The van der Waals surface area contributed by atoms with Gasteiger partial charge < -0.3 is 9.80 Å². The molecule has 0 bridgehead atoms. The van der Waals surface area contributed by atoms with Gasteiger partial charge in [-0.05, 0) is 56.6 Å². The zero-order chi connectivity index (χ0) is 22.1.